The van der Waals surface area contributed by atoms with Gasteiger partial charge in [-0.3, -0.25) is 0 Å². The van der Waals surface area contributed by atoms with Crippen LogP contribution >= 0.6 is 22.6 Å². The van der Waals surface area contributed by atoms with Crippen molar-refractivity contribution in [2.24, 2.45) is 0 Å². The minimum Gasteiger partial charge on any atom is -0.403 e. The Hall–Kier alpha value is 0.155. The highest BCUT2D eigenvalue weighted by atomic mass is 127. The zero-order chi connectivity index (χ0) is 14.5. The largest absolute Gasteiger partial charge is 0.469 e. The van der Waals surface area contributed by atoms with Crippen molar-refractivity contribution in [1.29, 1.82) is 0 Å². The highest BCUT2D eigenvalue weighted by Crippen LogP contribution is 2.46. The third kappa shape index (κ3) is 2.74. The van der Waals surface area contributed by atoms with E-state index < -0.39 is 0 Å². The van der Waals surface area contributed by atoms with E-state index >= 15 is 0 Å². The van der Waals surface area contributed by atoms with Crippen molar-refractivity contribution in [2.75, 3.05) is 0 Å². The van der Waals surface area contributed by atoms with Gasteiger partial charge in [-0.15, -0.1) is 0 Å². The Kier molecular flexibility index (Phi) is 3.85. The molecule has 0 aromatic heterocycles. The van der Waals surface area contributed by atoms with Crippen LogP contribution in [0, 0.1) is 0 Å². The predicted molar refractivity (Wildman–Crippen MR) is 89.0 cm³/mol. The van der Waals surface area contributed by atoms with Crippen molar-refractivity contribution in [1.82, 2.24) is 0 Å². The van der Waals surface area contributed by atoms with E-state index in [0.29, 0.717) is 6.10 Å². The Balaban J connectivity index is 1.80. The maximum absolute atomic E-state index is 6.22. The molecule has 0 radical (unpaired) electrons. The van der Waals surface area contributed by atoms with Crippen molar-refractivity contribution < 1.29 is 14.0 Å². The summed E-state index contributed by atoms with van der Waals surface area (Å²) in [5.41, 5.74) is -0.584. The van der Waals surface area contributed by atoms with Gasteiger partial charge in [0.25, 0.3) is 0 Å². The second kappa shape index (κ2) is 5.11. The van der Waals surface area contributed by atoms with Gasteiger partial charge in [0, 0.05) is 0 Å². The fourth-order valence-electron chi connectivity index (χ4n) is 2.52. The molecule has 5 heteroatoms. The lowest BCUT2D eigenvalue weighted by Gasteiger charge is -2.32. The lowest BCUT2D eigenvalue weighted by Crippen LogP contribution is -2.41. The second-order valence-electron chi connectivity index (χ2n) is 6.89. The molecule has 1 saturated heterocycles. The number of ether oxygens (including phenoxy) is 1. The number of hydrogen-bond donors (Lipinski definition) is 0. The van der Waals surface area contributed by atoms with Gasteiger partial charge in [-0.25, -0.2) is 0 Å². The van der Waals surface area contributed by atoms with Gasteiger partial charge in [0.15, 0.2) is 0 Å². The van der Waals surface area contributed by atoms with E-state index in [9.17, 15) is 0 Å². The van der Waals surface area contributed by atoms with E-state index in [2.05, 4.69) is 68.5 Å². The van der Waals surface area contributed by atoms with Gasteiger partial charge >= 0.3 is 7.12 Å². The Morgan fingerprint density at radius 3 is 2.35 bits per heavy atom. The van der Waals surface area contributed by atoms with Crippen LogP contribution in [0.15, 0.2) is 21.8 Å². The molecule has 0 bridgehead atoms. The molecule has 1 heterocycles. The van der Waals surface area contributed by atoms with Gasteiger partial charge in [-0.1, -0.05) is 18.2 Å². The molecule has 2 unspecified atom stereocenters. The molecular formula is C15H22BIO3. The SMILES string of the molecule is CC1(C)OB(C2C(I)=CC=CC2OC2CC2)OC1(C)C. The monoisotopic (exact) mass is 388 g/mol. The Morgan fingerprint density at radius 1 is 1.20 bits per heavy atom. The number of halogens is 1. The second-order valence-corrected chi connectivity index (χ2v) is 8.13. The summed E-state index contributed by atoms with van der Waals surface area (Å²) in [6.07, 6.45) is 9.20. The maximum Gasteiger partial charge on any atom is 0.469 e. The number of allylic oxidation sites excluding steroid dienone is 2. The molecule has 1 aliphatic heterocycles. The van der Waals surface area contributed by atoms with Gasteiger partial charge in [-0.05, 0) is 66.7 Å². The first-order chi connectivity index (χ1) is 9.30. The van der Waals surface area contributed by atoms with Crippen molar-refractivity contribution >= 4 is 29.7 Å². The molecule has 2 fully saturated rings. The summed E-state index contributed by atoms with van der Waals surface area (Å²) in [6, 6.07) is 0. The van der Waals surface area contributed by atoms with E-state index in [4.69, 9.17) is 14.0 Å². The van der Waals surface area contributed by atoms with Crippen LogP contribution in [0.5, 0.6) is 0 Å². The Labute approximate surface area is 135 Å². The van der Waals surface area contributed by atoms with Crippen molar-refractivity contribution in [3.05, 3.63) is 21.8 Å². The molecule has 3 aliphatic rings. The summed E-state index contributed by atoms with van der Waals surface area (Å²) in [6.45, 7) is 8.38. The van der Waals surface area contributed by atoms with E-state index in [1.54, 1.807) is 0 Å². The highest BCUT2D eigenvalue weighted by Gasteiger charge is 2.56. The maximum atomic E-state index is 6.22. The first kappa shape index (κ1) is 15.1. The summed E-state index contributed by atoms with van der Waals surface area (Å²) in [5.74, 6) is 0.141. The van der Waals surface area contributed by atoms with Gasteiger partial charge in [0.2, 0.25) is 0 Å². The van der Waals surface area contributed by atoms with Gasteiger partial charge in [-0.2, -0.15) is 0 Å². The van der Waals surface area contributed by atoms with Gasteiger partial charge in [0.05, 0.1) is 29.2 Å². The molecule has 110 valence electrons. The Morgan fingerprint density at radius 2 is 1.80 bits per heavy atom. The molecule has 3 rings (SSSR count). The smallest absolute Gasteiger partial charge is 0.403 e. The van der Waals surface area contributed by atoms with Crippen LogP contribution in [0.25, 0.3) is 0 Å². The molecule has 0 spiro atoms. The summed E-state index contributed by atoms with van der Waals surface area (Å²) < 4.78 is 19.8. The Bertz CT molecular complexity index is 438. The average molecular weight is 388 g/mol. The van der Waals surface area contributed by atoms with E-state index in [0.717, 1.165) is 0 Å². The first-order valence-electron chi connectivity index (χ1n) is 7.35. The molecule has 2 atom stereocenters. The zero-order valence-electron chi connectivity index (χ0n) is 12.6. The molecular weight excluding hydrogens is 366 g/mol. The van der Waals surface area contributed by atoms with E-state index in [-0.39, 0.29) is 30.2 Å². The average Bonchev–Trinajstić information content (AvgIpc) is 3.07. The van der Waals surface area contributed by atoms with Gasteiger partial charge < -0.3 is 14.0 Å². The van der Waals surface area contributed by atoms with Crippen LogP contribution in [0.4, 0.5) is 0 Å². The van der Waals surface area contributed by atoms with Crippen LogP contribution in [-0.4, -0.2) is 30.5 Å². The molecule has 2 aliphatic carbocycles. The minimum absolute atomic E-state index is 0.0640. The fraction of sp³-hybridized carbons (Fsp3) is 0.733. The summed E-state index contributed by atoms with van der Waals surface area (Å²) in [7, 11) is -0.239. The third-order valence-corrected chi connectivity index (χ3v) is 5.75. The molecule has 0 N–H and O–H groups in total. The standard InChI is InChI=1S/C15H22BIO3/c1-14(2)15(3,4)20-16(19-14)13-11(17)6-5-7-12(13)18-10-8-9-10/h5-7,10,12-13H,8-9H2,1-4H3. The van der Waals surface area contributed by atoms with Crippen LogP contribution in [0.1, 0.15) is 40.5 Å². The van der Waals surface area contributed by atoms with Crippen LogP contribution < -0.4 is 0 Å². The molecule has 1 saturated carbocycles. The molecule has 0 aromatic carbocycles. The van der Waals surface area contributed by atoms with Gasteiger partial charge in [0.1, 0.15) is 0 Å². The highest BCUT2D eigenvalue weighted by molar-refractivity contribution is 14.1. The normalized spacial score (nSPS) is 35.2. The van der Waals surface area contributed by atoms with E-state index in [1.165, 1.54) is 16.4 Å². The van der Waals surface area contributed by atoms with Crippen molar-refractivity contribution in [3.63, 3.8) is 0 Å². The van der Waals surface area contributed by atoms with E-state index in [1.807, 2.05) is 0 Å². The number of rotatable bonds is 3. The van der Waals surface area contributed by atoms with Crippen molar-refractivity contribution in [3.8, 4) is 0 Å². The summed E-state index contributed by atoms with van der Waals surface area (Å²) in [4.78, 5) is 0. The summed E-state index contributed by atoms with van der Waals surface area (Å²) >= 11 is 2.38. The minimum atomic E-state index is -0.292. The lowest BCUT2D eigenvalue weighted by atomic mass is 9.67. The quantitative estimate of drug-likeness (QED) is 0.543. The molecule has 0 amide bonds. The van der Waals surface area contributed by atoms with Crippen LogP contribution in [0.2, 0.25) is 5.82 Å². The zero-order valence-corrected chi connectivity index (χ0v) is 14.7. The predicted octanol–water partition coefficient (Wildman–Crippen LogP) is 3.89. The topological polar surface area (TPSA) is 27.7 Å². The van der Waals surface area contributed by atoms with Crippen LogP contribution in [-0.2, 0) is 14.0 Å². The molecule has 3 nitrogen and oxygen atoms in total. The third-order valence-electron chi connectivity index (χ3n) is 4.67. The summed E-state index contributed by atoms with van der Waals surface area (Å²) in [5, 5.41) is 0. The number of hydrogen-bond acceptors (Lipinski definition) is 3. The fourth-order valence-corrected chi connectivity index (χ4v) is 3.38. The van der Waals surface area contributed by atoms with Crippen molar-refractivity contribution in [2.45, 2.75) is 69.8 Å². The molecule has 20 heavy (non-hydrogen) atoms. The molecule has 0 aromatic rings. The lowest BCUT2D eigenvalue weighted by molar-refractivity contribution is 0.00578. The first-order valence-corrected chi connectivity index (χ1v) is 8.43. The van der Waals surface area contributed by atoms with Crippen LogP contribution in [0.3, 0.4) is 0 Å².